The standard InChI is InChI=1S/C71H120O12/c1-4-7-10-13-16-19-22-25-28-31-32-35-36-39-42-45-48-51-54-57-63(72)79-60-62(81-64(73)58-55-52-49-46-43-40-37-33-29-26-23-20-17-14-11-8-5-2)61-80-71-69(67(76)66(75)68(83-71)70(77)78)82-65(74)59-56-53-50-47-44-41-38-34-30-27-24-21-18-15-12-9-6-3/h8,11,16-17,19-20,25-30,32,35,62,66-69,71,75-76H,4-7,9-10,12-15,18,21-24,31,33-34,36-61H2,1-3H3,(H,77,78)/b11-8-,19-16-,20-17-,28-25-,29-26-,30-27-,35-32-. The molecule has 476 valence electrons. The lowest BCUT2D eigenvalue weighted by Gasteiger charge is -2.40. The van der Waals surface area contributed by atoms with Crippen molar-refractivity contribution in [2.75, 3.05) is 13.2 Å². The molecule has 83 heavy (non-hydrogen) atoms. The normalized spacial score (nSPS) is 18.1. The van der Waals surface area contributed by atoms with Crippen molar-refractivity contribution in [1.29, 1.82) is 0 Å². The van der Waals surface area contributed by atoms with Crippen molar-refractivity contribution in [3.05, 3.63) is 85.1 Å². The average molecular weight is 1170 g/mol. The van der Waals surface area contributed by atoms with Gasteiger partial charge in [0, 0.05) is 19.3 Å². The van der Waals surface area contributed by atoms with Gasteiger partial charge in [-0.05, 0) is 116 Å². The first-order chi connectivity index (χ1) is 40.6. The summed E-state index contributed by atoms with van der Waals surface area (Å²) in [5.74, 6) is -3.14. The minimum Gasteiger partial charge on any atom is -0.479 e. The number of carbonyl (C=O) groups is 4. The molecule has 6 unspecified atom stereocenters. The molecule has 12 nitrogen and oxygen atoms in total. The molecule has 0 amide bonds. The zero-order valence-corrected chi connectivity index (χ0v) is 52.7. The molecule has 0 aromatic carbocycles. The Balaban J connectivity index is 2.67. The number of carbonyl (C=O) groups excluding carboxylic acids is 3. The highest BCUT2D eigenvalue weighted by molar-refractivity contribution is 5.74. The van der Waals surface area contributed by atoms with E-state index in [0.717, 1.165) is 148 Å². The van der Waals surface area contributed by atoms with Gasteiger partial charge in [0.25, 0.3) is 0 Å². The van der Waals surface area contributed by atoms with E-state index in [9.17, 15) is 34.5 Å². The molecular formula is C71H120O12. The minimum absolute atomic E-state index is 0.0511. The number of ether oxygens (including phenoxy) is 5. The van der Waals surface area contributed by atoms with E-state index in [1.165, 1.54) is 83.5 Å². The predicted molar refractivity (Wildman–Crippen MR) is 340 cm³/mol. The lowest BCUT2D eigenvalue weighted by atomic mass is 9.98. The molecule has 1 aliphatic heterocycles. The van der Waals surface area contributed by atoms with E-state index in [1.54, 1.807) is 0 Å². The number of esters is 3. The van der Waals surface area contributed by atoms with E-state index in [-0.39, 0.29) is 25.9 Å². The van der Waals surface area contributed by atoms with Gasteiger partial charge < -0.3 is 39.0 Å². The van der Waals surface area contributed by atoms with Crippen LogP contribution < -0.4 is 0 Å². The molecule has 12 heteroatoms. The maximum absolute atomic E-state index is 13.2. The first-order valence-corrected chi connectivity index (χ1v) is 33.6. The molecule has 1 rings (SSSR count). The van der Waals surface area contributed by atoms with Crippen LogP contribution in [0.5, 0.6) is 0 Å². The Labute approximate surface area is 505 Å². The van der Waals surface area contributed by atoms with E-state index in [2.05, 4.69) is 106 Å². The van der Waals surface area contributed by atoms with Gasteiger partial charge in [-0.25, -0.2) is 4.79 Å². The Kier molecular flexibility index (Phi) is 54.0. The minimum atomic E-state index is -1.91. The summed E-state index contributed by atoms with van der Waals surface area (Å²) in [7, 11) is 0. The lowest BCUT2D eigenvalue weighted by Crippen LogP contribution is -2.61. The van der Waals surface area contributed by atoms with Gasteiger partial charge >= 0.3 is 23.9 Å². The van der Waals surface area contributed by atoms with E-state index < -0.39 is 67.3 Å². The molecule has 0 spiro atoms. The summed E-state index contributed by atoms with van der Waals surface area (Å²) < 4.78 is 28.6. The second-order valence-corrected chi connectivity index (χ2v) is 22.7. The number of aliphatic hydroxyl groups excluding tert-OH is 2. The summed E-state index contributed by atoms with van der Waals surface area (Å²) in [4.78, 5) is 51.4. The molecule has 6 atom stereocenters. The van der Waals surface area contributed by atoms with Crippen LogP contribution in [0.3, 0.4) is 0 Å². The highest BCUT2D eigenvalue weighted by Gasteiger charge is 2.50. The number of carboxylic acid groups (broad SMARTS) is 1. The van der Waals surface area contributed by atoms with Crippen LogP contribution >= 0.6 is 0 Å². The highest BCUT2D eigenvalue weighted by Crippen LogP contribution is 2.27. The van der Waals surface area contributed by atoms with Gasteiger partial charge in [0.15, 0.2) is 24.6 Å². The Morgan fingerprint density at radius 3 is 1.19 bits per heavy atom. The number of hydrogen-bond donors (Lipinski definition) is 3. The van der Waals surface area contributed by atoms with E-state index in [1.807, 2.05) is 0 Å². The van der Waals surface area contributed by atoms with Crippen molar-refractivity contribution in [3.63, 3.8) is 0 Å². The van der Waals surface area contributed by atoms with Crippen LogP contribution in [0.4, 0.5) is 0 Å². The Hall–Kier alpha value is -4.10. The molecule has 0 radical (unpaired) electrons. The quantitative estimate of drug-likeness (QED) is 0.0228. The van der Waals surface area contributed by atoms with E-state index in [0.29, 0.717) is 19.3 Å². The van der Waals surface area contributed by atoms with Gasteiger partial charge in [0.05, 0.1) is 6.61 Å². The van der Waals surface area contributed by atoms with Gasteiger partial charge in [-0.3, -0.25) is 14.4 Å². The molecular weight excluding hydrogens is 1040 g/mol. The van der Waals surface area contributed by atoms with Crippen molar-refractivity contribution >= 4 is 23.9 Å². The second kappa shape index (κ2) is 58.3. The largest absolute Gasteiger partial charge is 0.479 e. The average Bonchev–Trinajstić information content (AvgIpc) is 3.59. The predicted octanol–water partition coefficient (Wildman–Crippen LogP) is 18.2. The molecule has 0 aromatic heterocycles. The third-order valence-corrected chi connectivity index (χ3v) is 14.9. The van der Waals surface area contributed by atoms with Gasteiger partial charge in [-0.2, -0.15) is 0 Å². The third kappa shape index (κ3) is 47.8. The number of carboxylic acids is 1. The Bertz CT molecular complexity index is 1760. The highest BCUT2D eigenvalue weighted by atomic mass is 16.7. The van der Waals surface area contributed by atoms with Gasteiger partial charge in [-0.1, -0.05) is 241 Å². The van der Waals surface area contributed by atoms with Crippen molar-refractivity contribution in [2.24, 2.45) is 0 Å². The molecule has 3 N–H and O–H groups in total. The SMILES string of the molecule is CC/C=C\C/C=C\C/C=C\CCCCCCCCCC(=O)OC(COC(=O)CCCCCCCC/C=C\C/C=C\C/C=C\CCCCC)COC1OC(C(=O)O)C(O)C(O)C1OC(=O)CCCCCCCCC/C=C\CCCCCCCC. The fourth-order valence-electron chi connectivity index (χ4n) is 9.80. The second-order valence-electron chi connectivity index (χ2n) is 22.7. The van der Waals surface area contributed by atoms with Gasteiger partial charge in [0.2, 0.25) is 0 Å². The maximum Gasteiger partial charge on any atom is 0.335 e. The number of allylic oxidation sites excluding steroid dienone is 14. The number of hydrogen-bond acceptors (Lipinski definition) is 11. The lowest BCUT2D eigenvalue weighted by molar-refractivity contribution is -0.301. The summed E-state index contributed by atoms with van der Waals surface area (Å²) in [6.07, 6.45) is 63.9. The Morgan fingerprint density at radius 2 is 0.759 bits per heavy atom. The zero-order chi connectivity index (χ0) is 60.3. The maximum atomic E-state index is 13.2. The molecule has 0 bridgehead atoms. The molecule has 1 aliphatic rings. The van der Waals surface area contributed by atoms with Gasteiger partial charge in [-0.15, -0.1) is 0 Å². The number of aliphatic carboxylic acids is 1. The fourth-order valence-corrected chi connectivity index (χ4v) is 9.80. The summed E-state index contributed by atoms with van der Waals surface area (Å²) in [5.41, 5.74) is 0. The van der Waals surface area contributed by atoms with Crippen molar-refractivity contribution in [3.8, 4) is 0 Å². The van der Waals surface area contributed by atoms with Crippen LogP contribution in [0.15, 0.2) is 85.1 Å². The molecule has 0 aromatic rings. The molecule has 1 fully saturated rings. The van der Waals surface area contributed by atoms with E-state index >= 15 is 0 Å². The Morgan fingerprint density at radius 1 is 0.410 bits per heavy atom. The number of aliphatic hydroxyl groups is 2. The zero-order valence-electron chi connectivity index (χ0n) is 52.7. The molecule has 0 aliphatic carbocycles. The first-order valence-electron chi connectivity index (χ1n) is 33.6. The van der Waals surface area contributed by atoms with Crippen LogP contribution in [0.25, 0.3) is 0 Å². The summed E-state index contributed by atoms with van der Waals surface area (Å²) in [5, 5.41) is 31.6. The van der Waals surface area contributed by atoms with Gasteiger partial charge in [0.1, 0.15) is 18.8 Å². The molecule has 1 heterocycles. The van der Waals surface area contributed by atoms with Crippen LogP contribution in [0.2, 0.25) is 0 Å². The van der Waals surface area contributed by atoms with Crippen molar-refractivity contribution in [1.82, 2.24) is 0 Å². The molecule has 1 saturated heterocycles. The smallest absolute Gasteiger partial charge is 0.335 e. The van der Waals surface area contributed by atoms with E-state index in [4.69, 9.17) is 23.7 Å². The van der Waals surface area contributed by atoms with Crippen LogP contribution in [0, 0.1) is 0 Å². The van der Waals surface area contributed by atoms with Crippen LogP contribution in [-0.2, 0) is 42.9 Å². The van der Waals surface area contributed by atoms with Crippen LogP contribution in [0.1, 0.15) is 290 Å². The van der Waals surface area contributed by atoms with Crippen LogP contribution in [-0.4, -0.2) is 89.2 Å². The summed E-state index contributed by atoms with van der Waals surface area (Å²) in [6.45, 7) is 5.86. The van der Waals surface area contributed by atoms with Crippen molar-refractivity contribution in [2.45, 2.75) is 327 Å². The topological polar surface area (TPSA) is 175 Å². The monoisotopic (exact) mass is 1160 g/mol. The summed E-state index contributed by atoms with van der Waals surface area (Å²) in [6, 6.07) is 0. The number of unbranched alkanes of at least 4 members (excludes halogenated alkanes) is 29. The third-order valence-electron chi connectivity index (χ3n) is 14.9. The summed E-state index contributed by atoms with van der Waals surface area (Å²) >= 11 is 0. The number of rotatable bonds is 57. The van der Waals surface area contributed by atoms with Crippen molar-refractivity contribution < 1.29 is 58.2 Å². The molecule has 0 saturated carbocycles. The fraction of sp³-hybridized carbons (Fsp3) is 0.746. The first kappa shape index (κ1) is 76.9.